The first-order chi connectivity index (χ1) is 28.3. The topological polar surface area (TPSA) is 8.17 Å². The molecule has 284 valence electrons. The van der Waals surface area contributed by atoms with Crippen molar-refractivity contribution in [1.29, 1.82) is 0 Å². The molecule has 2 nitrogen and oxygen atoms in total. The molecule has 1 heterocycles. The van der Waals surface area contributed by atoms with Gasteiger partial charge in [0.25, 0.3) is 0 Å². The van der Waals surface area contributed by atoms with Crippen molar-refractivity contribution in [2.45, 2.75) is 63.7 Å². The maximum Gasteiger partial charge on any atom is 0.0541 e. The number of hydrogen-bond acceptors (Lipinski definition) is 1. The molecule has 2 bridgehead atoms. The first kappa shape index (κ1) is 34.2. The highest BCUT2D eigenvalue weighted by atomic mass is 15.1. The van der Waals surface area contributed by atoms with E-state index in [1.165, 1.54) is 110 Å². The van der Waals surface area contributed by atoms with Crippen molar-refractivity contribution in [2.24, 2.45) is 23.7 Å². The van der Waals surface area contributed by atoms with Crippen LogP contribution >= 0.6 is 0 Å². The van der Waals surface area contributed by atoms with Crippen LogP contribution in [0.5, 0.6) is 0 Å². The lowest BCUT2D eigenvalue weighted by atomic mass is 9.63. The van der Waals surface area contributed by atoms with Gasteiger partial charge in [0, 0.05) is 38.9 Å². The van der Waals surface area contributed by atoms with Crippen LogP contribution in [0.3, 0.4) is 0 Å². The summed E-state index contributed by atoms with van der Waals surface area (Å²) in [4.78, 5) is 2.49. The molecule has 0 N–H and O–H groups in total. The van der Waals surface area contributed by atoms with E-state index in [9.17, 15) is 0 Å². The smallest absolute Gasteiger partial charge is 0.0541 e. The third-order valence-corrected chi connectivity index (χ3v) is 15.2. The summed E-state index contributed by atoms with van der Waals surface area (Å²) in [5, 5.41) is 2.57. The second kappa shape index (κ2) is 12.6. The van der Waals surface area contributed by atoms with E-state index in [4.69, 9.17) is 0 Å². The Kier molecular flexibility index (Phi) is 7.41. The molecule has 12 rings (SSSR count). The number of nitrogens with zero attached hydrogens (tertiary/aromatic N) is 2. The molecule has 0 aliphatic heterocycles. The van der Waals surface area contributed by atoms with Gasteiger partial charge in [0.1, 0.15) is 0 Å². The molecule has 2 heteroatoms. The number of benzene rings is 7. The second-order valence-corrected chi connectivity index (χ2v) is 18.9. The van der Waals surface area contributed by atoms with Crippen LogP contribution in [0.2, 0.25) is 0 Å². The van der Waals surface area contributed by atoms with Gasteiger partial charge in [-0.2, -0.15) is 0 Å². The van der Waals surface area contributed by atoms with Gasteiger partial charge in [-0.15, -0.1) is 0 Å². The molecule has 0 amide bonds. The van der Waals surface area contributed by atoms with E-state index in [1.54, 1.807) is 5.56 Å². The molecule has 0 saturated heterocycles. The Bertz CT molecular complexity index is 2840. The van der Waals surface area contributed by atoms with Crippen LogP contribution < -0.4 is 4.90 Å². The van der Waals surface area contributed by atoms with Gasteiger partial charge in [-0.3, -0.25) is 0 Å². The van der Waals surface area contributed by atoms with Crippen molar-refractivity contribution >= 4 is 38.9 Å². The molecule has 0 spiro atoms. The number of fused-ring (bicyclic) bond motifs is 7. The van der Waals surface area contributed by atoms with Crippen LogP contribution in [0, 0.1) is 23.7 Å². The molecule has 1 aromatic heterocycles. The summed E-state index contributed by atoms with van der Waals surface area (Å²) in [5.41, 5.74) is 17.0. The molecule has 8 aromatic rings. The minimum absolute atomic E-state index is 0.0717. The number of hydrogen-bond donors (Lipinski definition) is 0. The van der Waals surface area contributed by atoms with Crippen molar-refractivity contribution in [3.8, 4) is 27.9 Å². The predicted octanol–water partition coefficient (Wildman–Crippen LogP) is 14.9. The summed E-state index contributed by atoms with van der Waals surface area (Å²) in [6, 6.07) is 61.8. The lowest BCUT2D eigenvalue weighted by Gasteiger charge is -2.42. The normalized spacial score (nSPS) is 23.6. The number of para-hydroxylation sites is 2. The van der Waals surface area contributed by atoms with E-state index < -0.39 is 0 Å². The zero-order valence-corrected chi connectivity index (χ0v) is 33.8. The van der Waals surface area contributed by atoms with Gasteiger partial charge < -0.3 is 9.47 Å². The number of aromatic nitrogens is 1. The van der Waals surface area contributed by atoms with Crippen LogP contribution in [-0.4, -0.2) is 4.57 Å². The summed E-state index contributed by atoms with van der Waals surface area (Å²) in [7, 11) is 0. The van der Waals surface area contributed by atoms with E-state index in [-0.39, 0.29) is 5.41 Å². The van der Waals surface area contributed by atoms with E-state index in [2.05, 4.69) is 194 Å². The fourth-order valence-electron chi connectivity index (χ4n) is 12.7. The molecule has 4 aliphatic rings. The Hall–Kier alpha value is -5.86. The Morgan fingerprint density at radius 1 is 0.517 bits per heavy atom. The highest BCUT2D eigenvalue weighted by Crippen LogP contribution is 2.65. The molecule has 0 radical (unpaired) electrons. The molecule has 3 fully saturated rings. The molecule has 3 saturated carbocycles. The van der Waals surface area contributed by atoms with Crippen LogP contribution in [0.1, 0.15) is 69.6 Å². The highest BCUT2D eigenvalue weighted by Gasteiger charge is 2.57. The SMILES string of the molecule is C[C@H]1CC2CC3CC(c4ccc(N(c5ccc(-c6cccc(-n7c8ccccc8c8ccccc87)c6)cc5)c5ccc6c(c5)C(C)(C)c5ccccc5-6)cc4)(C1)C[C@H]23. The van der Waals surface area contributed by atoms with Crippen LogP contribution in [0.4, 0.5) is 17.1 Å². The lowest BCUT2D eigenvalue weighted by Crippen LogP contribution is -2.34. The zero-order chi connectivity index (χ0) is 38.8. The monoisotopic (exact) mass is 750 g/mol. The summed E-state index contributed by atoms with van der Waals surface area (Å²) < 4.78 is 2.41. The van der Waals surface area contributed by atoms with Crippen molar-refractivity contribution < 1.29 is 0 Å². The zero-order valence-electron chi connectivity index (χ0n) is 33.8. The first-order valence-electron chi connectivity index (χ1n) is 21.7. The molecule has 58 heavy (non-hydrogen) atoms. The molecule has 7 aromatic carbocycles. The van der Waals surface area contributed by atoms with Gasteiger partial charge in [-0.1, -0.05) is 124 Å². The fraction of sp³-hybridized carbons (Fsp3) is 0.250. The van der Waals surface area contributed by atoms with Gasteiger partial charge in [0.2, 0.25) is 0 Å². The maximum atomic E-state index is 2.52. The summed E-state index contributed by atoms with van der Waals surface area (Å²) in [6.45, 7) is 7.29. The van der Waals surface area contributed by atoms with Crippen molar-refractivity contribution in [1.82, 2.24) is 4.57 Å². The average molecular weight is 751 g/mol. The number of anilines is 3. The Labute approximate surface area is 342 Å². The third-order valence-electron chi connectivity index (χ3n) is 15.2. The van der Waals surface area contributed by atoms with Crippen LogP contribution in [0.15, 0.2) is 164 Å². The van der Waals surface area contributed by atoms with E-state index in [0.29, 0.717) is 5.41 Å². The highest BCUT2D eigenvalue weighted by molar-refractivity contribution is 6.09. The minimum Gasteiger partial charge on any atom is -0.310 e. The van der Waals surface area contributed by atoms with E-state index >= 15 is 0 Å². The van der Waals surface area contributed by atoms with Gasteiger partial charge in [-0.25, -0.2) is 0 Å². The summed E-state index contributed by atoms with van der Waals surface area (Å²) in [6.07, 6.45) is 7.05. The summed E-state index contributed by atoms with van der Waals surface area (Å²) >= 11 is 0. The quantitative estimate of drug-likeness (QED) is 0.164. The Morgan fingerprint density at radius 3 is 1.93 bits per heavy atom. The van der Waals surface area contributed by atoms with E-state index in [0.717, 1.165) is 23.7 Å². The van der Waals surface area contributed by atoms with Crippen LogP contribution in [-0.2, 0) is 10.8 Å². The van der Waals surface area contributed by atoms with Crippen LogP contribution in [0.25, 0.3) is 49.7 Å². The van der Waals surface area contributed by atoms with Crippen molar-refractivity contribution in [3.63, 3.8) is 0 Å². The Morgan fingerprint density at radius 2 is 1.17 bits per heavy atom. The third kappa shape index (κ3) is 5.03. The standard InChI is InChI=1S/C56H50N2/c1-36-29-39-30-40-34-56(33-36,35-50(39)40)41-21-25-43(26-22-41)57(45-27-28-47-46-13-4-7-16-51(46)55(2,3)52(47)32-45)42-23-19-37(20-24-42)38-11-10-12-44(31-38)58-53-17-8-5-14-48(53)49-15-6-9-18-54(49)58/h4-28,31-32,36,39-40,50H,29-30,33-35H2,1-3H3/t36-,39?,40?,50+,56?/m0/s1. The van der Waals surface area contributed by atoms with Crippen molar-refractivity contribution in [2.75, 3.05) is 4.90 Å². The lowest BCUT2D eigenvalue weighted by molar-refractivity contribution is 0.0780. The van der Waals surface area contributed by atoms with Gasteiger partial charge in [0.15, 0.2) is 0 Å². The molecule has 3 unspecified atom stereocenters. The molecular weight excluding hydrogens is 701 g/mol. The first-order valence-corrected chi connectivity index (χ1v) is 21.7. The van der Waals surface area contributed by atoms with Gasteiger partial charge in [-0.05, 0) is 161 Å². The second-order valence-electron chi connectivity index (χ2n) is 18.9. The number of rotatable bonds is 6. The molecule has 5 atom stereocenters. The summed E-state index contributed by atoms with van der Waals surface area (Å²) in [5.74, 6) is 3.70. The fourth-order valence-corrected chi connectivity index (χ4v) is 12.7. The van der Waals surface area contributed by atoms with Gasteiger partial charge >= 0.3 is 0 Å². The average Bonchev–Trinajstić information content (AvgIpc) is 3.80. The van der Waals surface area contributed by atoms with E-state index in [1.807, 2.05) is 0 Å². The largest absolute Gasteiger partial charge is 0.310 e. The minimum atomic E-state index is -0.0717. The predicted molar refractivity (Wildman–Crippen MR) is 243 cm³/mol. The van der Waals surface area contributed by atoms with Gasteiger partial charge in [0.05, 0.1) is 11.0 Å². The maximum absolute atomic E-state index is 2.52. The Balaban J connectivity index is 0.939. The molecule has 4 aliphatic carbocycles. The molecular formula is C56H50N2. The van der Waals surface area contributed by atoms with Crippen molar-refractivity contribution in [3.05, 3.63) is 180 Å².